The van der Waals surface area contributed by atoms with Gasteiger partial charge in [-0.05, 0) is 57.9 Å². The minimum absolute atomic E-state index is 0.0812. The summed E-state index contributed by atoms with van der Waals surface area (Å²) in [5, 5.41) is 14.1. The van der Waals surface area contributed by atoms with E-state index in [0.29, 0.717) is 23.2 Å². The number of hydrogen-bond acceptors (Lipinski definition) is 6. The lowest BCUT2D eigenvalue weighted by molar-refractivity contribution is -0.134. The standard InChI is InChI=1S/C25H32N6O2S/c1-17-9-5-7-13-29(17)22(32)15-19-11-3-4-12-20(19)24-28-31-21(26-27-25(31)34-24)16-23(33)30-14-8-6-10-18(30)2/h3-4,11-12,17-18H,5-10,13-16H2,1-2H3/t17-,18-/m1/s1. The summed E-state index contributed by atoms with van der Waals surface area (Å²) in [5.74, 6) is 0.818. The second-order valence-corrected chi connectivity index (χ2v) is 10.5. The van der Waals surface area contributed by atoms with E-state index in [-0.39, 0.29) is 24.3 Å². The molecular formula is C25H32N6O2S. The van der Waals surface area contributed by atoms with Crippen LogP contribution >= 0.6 is 11.3 Å². The maximum absolute atomic E-state index is 13.1. The van der Waals surface area contributed by atoms with E-state index in [4.69, 9.17) is 5.10 Å². The fraction of sp³-hybridized carbons (Fsp3) is 0.560. The molecule has 3 aromatic rings. The Morgan fingerprint density at radius 3 is 2.24 bits per heavy atom. The smallest absolute Gasteiger partial charge is 0.234 e. The maximum atomic E-state index is 13.1. The average molecular weight is 481 g/mol. The van der Waals surface area contributed by atoms with Crippen LogP contribution in [0.4, 0.5) is 0 Å². The number of hydrogen-bond donors (Lipinski definition) is 0. The minimum atomic E-state index is 0.0812. The first-order chi connectivity index (χ1) is 16.5. The highest BCUT2D eigenvalue weighted by molar-refractivity contribution is 7.19. The number of amides is 2. The normalized spacial score (nSPS) is 21.2. The molecule has 180 valence electrons. The van der Waals surface area contributed by atoms with Crippen molar-refractivity contribution in [1.29, 1.82) is 0 Å². The van der Waals surface area contributed by atoms with Crippen LogP contribution in [-0.2, 0) is 22.4 Å². The van der Waals surface area contributed by atoms with Crippen LogP contribution in [0.2, 0.25) is 0 Å². The van der Waals surface area contributed by atoms with Crippen molar-refractivity contribution in [3.8, 4) is 10.6 Å². The van der Waals surface area contributed by atoms with E-state index in [2.05, 4.69) is 24.0 Å². The number of likely N-dealkylation sites (tertiary alicyclic amines) is 2. The van der Waals surface area contributed by atoms with Gasteiger partial charge >= 0.3 is 0 Å². The molecule has 0 radical (unpaired) electrons. The Morgan fingerprint density at radius 2 is 1.56 bits per heavy atom. The lowest BCUT2D eigenvalue weighted by Gasteiger charge is -2.33. The first-order valence-corrected chi connectivity index (χ1v) is 13.2. The van der Waals surface area contributed by atoms with Crippen LogP contribution in [0.15, 0.2) is 24.3 Å². The van der Waals surface area contributed by atoms with Crippen molar-refractivity contribution in [2.45, 2.75) is 77.3 Å². The number of rotatable bonds is 5. The predicted molar refractivity (Wildman–Crippen MR) is 132 cm³/mol. The maximum Gasteiger partial charge on any atom is 0.234 e. The molecule has 0 aliphatic carbocycles. The molecule has 2 aromatic heterocycles. The minimum Gasteiger partial charge on any atom is -0.340 e. The van der Waals surface area contributed by atoms with E-state index >= 15 is 0 Å². The Balaban J connectivity index is 1.37. The number of aromatic nitrogens is 4. The lowest BCUT2D eigenvalue weighted by Crippen LogP contribution is -2.43. The molecule has 9 heteroatoms. The highest BCUT2D eigenvalue weighted by Gasteiger charge is 2.27. The second kappa shape index (κ2) is 9.82. The number of piperidine rings is 2. The molecule has 2 saturated heterocycles. The molecule has 0 spiro atoms. The van der Waals surface area contributed by atoms with Gasteiger partial charge in [0.15, 0.2) is 5.82 Å². The summed E-state index contributed by atoms with van der Waals surface area (Å²) in [7, 11) is 0. The number of fused-ring (bicyclic) bond motifs is 1. The molecule has 2 aliphatic heterocycles. The van der Waals surface area contributed by atoms with Gasteiger partial charge < -0.3 is 9.80 Å². The molecule has 0 saturated carbocycles. The van der Waals surface area contributed by atoms with Gasteiger partial charge in [0.25, 0.3) is 0 Å². The van der Waals surface area contributed by atoms with Gasteiger partial charge in [0.05, 0.1) is 12.8 Å². The van der Waals surface area contributed by atoms with Gasteiger partial charge in [0, 0.05) is 30.7 Å². The summed E-state index contributed by atoms with van der Waals surface area (Å²) in [5.41, 5.74) is 1.91. The Morgan fingerprint density at radius 1 is 0.912 bits per heavy atom. The summed E-state index contributed by atoms with van der Waals surface area (Å²) < 4.78 is 1.69. The zero-order valence-corrected chi connectivity index (χ0v) is 20.8. The molecule has 34 heavy (non-hydrogen) atoms. The van der Waals surface area contributed by atoms with Crippen LogP contribution in [0.5, 0.6) is 0 Å². The third-order valence-electron chi connectivity index (χ3n) is 7.20. The van der Waals surface area contributed by atoms with Gasteiger partial charge in [-0.2, -0.15) is 9.61 Å². The molecule has 1 aromatic carbocycles. The van der Waals surface area contributed by atoms with Gasteiger partial charge in [-0.1, -0.05) is 35.6 Å². The van der Waals surface area contributed by atoms with Gasteiger partial charge in [0.1, 0.15) is 5.01 Å². The highest BCUT2D eigenvalue weighted by Crippen LogP contribution is 2.30. The topological polar surface area (TPSA) is 83.7 Å². The van der Waals surface area contributed by atoms with Crippen LogP contribution in [0.3, 0.4) is 0 Å². The SMILES string of the molecule is C[C@@H]1CCCCN1C(=O)Cc1ccccc1-c1nn2c(CC(=O)N3CCCC[C@H]3C)nnc2s1. The van der Waals surface area contributed by atoms with Crippen molar-refractivity contribution in [2.24, 2.45) is 0 Å². The van der Waals surface area contributed by atoms with E-state index in [1.807, 2.05) is 34.1 Å². The molecule has 2 atom stereocenters. The van der Waals surface area contributed by atoms with E-state index in [9.17, 15) is 9.59 Å². The van der Waals surface area contributed by atoms with Crippen molar-refractivity contribution in [3.63, 3.8) is 0 Å². The van der Waals surface area contributed by atoms with Crippen molar-refractivity contribution in [2.75, 3.05) is 13.1 Å². The quantitative estimate of drug-likeness (QED) is 0.556. The molecule has 8 nitrogen and oxygen atoms in total. The monoisotopic (exact) mass is 480 g/mol. The molecule has 5 rings (SSSR count). The summed E-state index contributed by atoms with van der Waals surface area (Å²) in [6.07, 6.45) is 7.17. The Kier molecular flexibility index (Phi) is 6.63. The molecule has 2 amide bonds. The number of nitrogens with zero attached hydrogens (tertiary/aromatic N) is 6. The van der Waals surface area contributed by atoms with Gasteiger partial charge in [-0.25, -0.2) is 0 Å². The van der Waals surface area contributed by atoms with E-state index in [0.717, 1.165) is 54.9 Å². The molecule has 0 unspecified atom stereocenters. The van der Waals surface area contributed by atoms with E-state index in [1.54, 1.807) is 4.52 Å². The molecular weight excluding hydrogens is 448 g/mol. The zero-order valence-electron chi connectivity index (χ0n) is 19.9. The number of carbonyl (C=O) groups is 2. The van der Waals surface area contributed by atoms with Gasteiger partial charge in [-0.15, -0.1) is 10.2 Å². The average Bonchev–Trinajstić information content (AvgIpc) is 3.42. The lowest BCUT2D eigenvalue weighted by atomic mass is 10.0. The fourth-order valence-corrected chi connectivity index (χ4v) is 6.12. The van der Waals surface area contributed by atoms with E-state index in [1.165, 1.54) is 24.2 Å². The Hall–Kier alpha value is -2.81. The van der Waals surface area contributed by atoms with E-state index < -0.39 is 0 Å². The van der Waals surface area contributed by atoms with Crippen LogP contribution in [0.25, 0.3) is 15.5 Å². The zero-order chi connectivity index (χ0) is 23.7. The fourth-order valence-electron chi connectivity index (χ4n) is 5.20. The third kappa shape index (κ3) is 4.58. The van der Waals surface area contributed by atoms with Crippen molar-refractivity contribution in [1.82, 2.24) is 29.6 Å². The largest absolute Gasteiger partial charge is 0.340 e. The van der Waals surface area contributed by atoms with Crippen LogP contribution < -0.4 is 0 Å². The predicted octanol–water partition coefficient (Wildman–Crippen LogP) is 3.74. The van der Waals surface area contributed by atoms with Crippen molar-refractivity contribution >= 4 is 28.1 Å². The van der Waals surface area contributed by atoms with Gasteiger partial charge in [0.2, 0.25) is 16.8 Å². The molecule has 2 fully saturated rings. The third-order valence-corrected chi connectivity index (χ3v) is 8.13. The highest BCUT2D eigenvalue weighted by atomic mass is 32.1. The van der Waals surface area contributed by atoms with Crippen LogP contribution in [-0.4, -0.2) is 66.6 Å². The molecule has 0 bridgehead atoms. The molecule has 2 aliphatic rings. The van der Waals surface area contributed by atoms with Crippen LogP contribution in [0, 0.1) is 0 Å². The molecule has 4 heterocycles. The number of carbonyl (C=O) groups excluding carboxylic acids is 2. The Labute approximate surface area is 204 Å². The summed E-state index contributed by atoms with van der Waals surface area (Å²) >= 11 is 1.44. The summed E-state index contributed by atoms with van der Waals surface area (Å²) in [4.78, 5) is 30.6. The van der Waals surface area contributed by atoms with Crippen molar-refractivity contribution < 1.29 is 9.59 Å². The Bertz CT molecular complexity index is 1190. The first kappa shape index (κ1) is 23.0. The van der Waals surface area contributed by atoms with Crippen molar-refractivity contribution in [3.05, 3.63) is 35.7 Å². The number of benzene rings is 1. The summed E-state index contributed by atoms with van der Waals surface area (Å²) in [6.45, 7) is 5.90. The van der Waals surface area contributed by atoms with Crippen LogP contribution in [0.1, 0.15) is 63.8 Å². The summed E-state index contributed by atoms with van der Waals surface area (Å²) in [6, 6.07) is 8.52. The first-order valence-electron chi connectivity index (χ1n) is 12.4. The second-order valence-electron chi connectivity index (χ2n) is 9.59. The molecule has 0 N–H and O–H groups in total. The van der Waals surface area contributed by atoms with Gasteiger partial charge in [-0.3, -0.25) is 9.59 Å².